The molecule has 1 rings (SSSR count). The second-order valence-electron chi connectivity index (χ2n) is 4.71. The Labute approximate surface area is 97.4 Å². The Kier molecular flexibility index (Phi) is 5.77. The second kappa shape index (κ2) is 6.86. The largest absolute Gasteiger partial charge is 0.396 e. The Balaban J connectivity index is 2.23. The van der Waals surface area contributed by atoms with Crippen LogP contribution in [-0.2, 0) is 9.53 Å². The number of carbonyl (C=O) groups is 1. The van der Waals surface area contributed by atoms with Crippen molar-refractivity contribution in [1.29, 1.82) is 0 Å². The Morgan fingerprint density at radius 2 is 2.25 bits per heavy atom. The van der Waals surface area contributed by atoms with Gasteiger partial charge in [0.2, 0.25) is 5.91 Å². The van der Waals surface area contributed by atoms with Crippen molar-refractivity contribution >= 4 is 5.91 Å². The molecule has 4 nitrogen and oxygen atoms in total. The molecule has 16 heavy (non-hydrogen) atoms. The van der Waals surface area contributed by atoms with E-state index in [-0.39, 0.29) is 30.6 Å². The Morgan fingerprint density at radius 3 is 2.81 bits per heavy atom. The van der Waals surface area contributed by atoms with Gasteiger partial charge in [-0.1, -0.05) is 6.92 Å². The quantitative estimate of drug-likeness (QED) is 0.741. The molecule has 2 N–H and O–H groups in total. The lowest BCUT2D eigenvalue weighted by atomic mass is 10.0. The highest BCUT2D eigenvalue weighted by atomic mass is 16.5. The van der Waals surface area contributed by atoms with E-state index in [0.29, 0.717) is 6.42 Å². The molecule has 4 heteroatoms. The van der Waals surface area contributed by atoms with Crippen molar-refractivity contribution in [2.45, 2.75) is 51.7 Å². The van der Waals surface area contributed by atoms with Crippen molar-refractivity contribution in [2.24, 2.45) is 5.92 Å². The lowest BCUT2D eigenvalue weighted by Crippen LogP contribution is -2.40. The summed E-state index contributed by atoms with van der Waals surface area (Å²) in [6.07, 6.45) is 3.78. The minimum Gasteiger partial charge on any atom is -0.396 e. The molecule has 0 saturated carbocycles. The first-order chi connectivity index (χ1) is 7.63. The molecule has 1 heterocycles. The molecule has 1 fully saturated rings. The minimum absolute atomic E-state index is 0.0149. The number of rotatable bonds is 5. The fourth-order valence-corrected chi connectivity index (χ4v) is 1.79. The van der Waals surface area contributed by atoms with E-state index in [0.717, 1.165) is 25.9 Å². The molecular weight excluding hydrogens is 206 g/mol. The van der Waals surface area contributed by atoms with Gasteiger partial charge in [0.25, 0.3) is 0 Å². The SMILES string of the molecule is CC(CO)C(C)NC(=O)CC1CCCCO1. The molecule has 0 aromatic rings. The van der Waals surface area contributed by atoms with Gasteiger partial charge < -0.3 is 15.2 Å². The molecule has 0 aromatic heterocycles. The minimum atomic E-state index is 0.0149. The first-order valence-corrected chi connectivity index (χ1v) is 6.15. The van der Waals surface area contributed by atoms with Crippen LogP contribution in [0.5, 0.6) is 0 Å². The second-order valence-corrected chi connectivity index (χ2v) is 4.71. The van der Waals surface area contributed by atoms with Crippen LogP contribution in [-0.4, -0.2) is 36.4 Å². The van der Waals surface area contributed by atoms with Crippen molar-refractivity contribution < 1.29 is 14.6 Å². The predicted molar refractivity (Wildman–Crippen MR) is 62.1 cm³/mol. The van der Waals surface area contributed by atoms with Gasteiger partial charge in [-0.05, 0) is 32.1 Å². The van der Waals surface area contributed by atoms with Crippen molar-refractivity contribution in [3.63, 3.8) is 0 Å². The van der Waals surface area contributed by atoms with E-state index in [1.165, 1.54) is 0 Å². The van der Waals surface area contributed by atoms with Gasteiger partial charge in [-0.2, -0.15) is 0 Å². The maximum Gasteiger partial charge on any atom is 0.222 e. The topological polar surface area (TPSA) is 58.6 Å². The normalized spacial score (nSPS) is 24.8. The van der Waals surface area contributed by atoms with Crippen LogP contribution in [0.3, 0.4) is 0 Å². The molecule has 1 saturated heterocycles. The van der Waals surface area contributed by atoms with Crippen LogP contribution in [0.1, 0.15) is 39.5 Å². The number of hydrogen-bond donors (Lipinski definition) is 2. The van der Waals surface area contributed by atoms with E-state index in [9.17, 15) is 4.79 Å². The smallest absolute Gasteiger partial charge is 0.222 e. The van der Waals surface area contributed by atoms with Crippen LogP contribution >= 0.6 is 0 Å². The van der Waals surface area contributed by atoms with Gasteiger partial charge >= 0.3 is 0 Å². The third kappa shape index (κ3) is 4.49. The standard InChI is InChI=1S/C12H23NO3/c1-9(8-14)10(2)13-12(15)7-11-5-3-4-6-16-11/h9-11,14H,3-8H2,1-2H3,(H,13,15). The number of amides is 1. The Bertz CT molecular complexity index is 208. The van der Waals surface area contributed by atoms with E-state index in [1.807, 2.05) is 13.8 Å². The summed E-state index contributed by atoms with van der Waals surface area (Å²) >= 11 is 0. The molecule has 3 unspecified atom stereocenters. The van der Waals surface area contributed by atoms with Gasteiger partial charge in [0.15, 0.2) is 0 Å². The van der Waals surface area contributed by atoms with Crippen molar-refractivity contribution in [2.75, 3.05) is 13.2 Å². The first kappa shape index (κ1) is 13.5. The average Bonchev–Trinajstić information content (AvgIpc) is 2.29. The van der Waals surface area contributed by atoms with Crippen LogP contribution in [0.25, 0.3) is 0 Å². The van der Waals surface area contributed by atoms with E-state index < -0.39 is 0 Å². The number of hydrogen-bond acceptors (Lipinski definition) is 3. The molecule has 3 atom stereocenters. The maximum absolute atomic E-state index is 11.7. The van der Waals surface area contributed by atoms with Gasteiger partial charge in [-0.25, -0.2) is 0 Å². The van der Waals surface area contributed by atoms with E-state index >= 15 is 0 Å². The molecule has 0 radical (unpaired) electrons. The molecule has 1 amide bonds. The van der Waals surface area contributed by atoms with E-state index in [1.54, 1.807) is 0 Å². The Hall–Kier alpha value is -0.610. The van der Waals surface area contributed by atoms with Crippen LogP contribution in [0.4, 0.5) is 0 Å². The summed E-state index contributed by atoms with van der Waals surface area (Å²) in [6, 6.07) is 0.0149. The lowest BCUT2D eigenvalue weighted by Gasteiger charge is -2.24. The highest BCUT2D eigenvalue weighted by Crippen LogP contribution is 2.15. The van der Waals surface area contributed by atoms with Crippen LogP contribution in [0.15, 0.2) is 0 Å². The fourth-order valence-electron chi connectivity index (χ4n) is 1.79. The summed E-state index contributed by atoms with van der Waals surface area (Å²) in [5, 5.41) is 11.9. The zero-order chi connectivity index (χ0) is 12.0. The average molecular weight is 229 g/mol. The number of ether oxygens (including phenoxy) is 1. The first-order valence-electron chi connectivity index (χ1n) is 6.15. The van der Waals surface area contributed by atoms with Crippen LogP contribution in [0, 0.1) is 5.92 Å². The summed E-state index contributed by atoms with van der Waals surface area (Å²) in [7, 11) is 0. The molecule has 1 aliphatic heterocycles. The van der Waals surface area contributed by atoms with Gasteiger partial charge in [0.05, 0.1) is 12.5 Å². The number of aliphatic hydroxyl groups is 1. The van der Waals surface area contributed by atoms with E-state index in [4.69, 9.17) is 9.84 Å². The third-order valence-electron chi connectivity index (χ3n) is 3.22. The molecule has 0 spiro atoms. The van der Waals surface area contributed by atoms with Crippen LogP contribution in [0.2, 0.25) is 0 Å². The monoisotopic (exact) mass is 229 g/mol. The van der Waals surface area contributed by atoms with Gasteiger partial charge in [0, 0.05) is 19.3 Å². The molecular formula is C12H23NO3. The number of aliphatic hydroxyl groups excluding tert-OH is 1. The summed E-state index contributed by atoms with van der Waals surface area (Å²) in [4.78, 5) is 11.7. The van der Waals surface area contributed by atoms with E-state index in [2.05, 4.69) is 5.32 Å². The molecule has 94 valence electrons. The van der Waals surface area contributed by atoms with Crippen LogP contribution < -0.4 is 5.32 Å². The summed E-state index contributed by atoms with van der Waals surface area (Å²) in [5.41, 5.74) is 0. The highest BCUT2D eigenvalue weighted by molar-refractivity contribution is 5.76. The van der Waals surface area contributed by atoms with Gasteiger partial charge in [-0.3, -0.25) is 4.79 Å². The number of carbonyl (C=O) groups excluding carboxylic acids is 1. The zero-order valence-corrected chi connectivity index (χ0v) is 10.2. The van der Waals surface area contributed by atoms with Crippen molar-refractivity contribution in [3.8, 4) is 0 Å². The summed E-state index contributed by atoms with van der Waals surface area (Å²) in [5.74, 6) is 0.121. The Morgan fingerprint density at radius 1 is 1.50 bits per heavy atom. The molecule has 0 aromatic carbocycles. The molecule has 0 bridgehead atoms. The van der Waals surface area contributed by atoms with Gasteiger partial charge in [-0.15, -0.1) is 0 Å². The molecule has 1 aliphatic rings. The van der Waals surface area contributed by atoms with Crippen molar-refractivity contribution in [1.82, 2.24) is 5.32 Å². The fraction of sp³-hybridized carbons (Fsp3) is 0.917. The van der Waals surface area contributed by atoms with Crippen molar-refractivity contribution in [3.05, 3.63) is 0 Å². The highest BCUT2D eigenvalue weighted by Gasteiger charge is 2.20. The summed E-state index contributed by atoms with van der Waals surface area (Å²) < 4.78 is 5.51. The predicted octanol–water partition coefficient (Wildman–Crippen LogP) is 1.08. The third-order valence-corrected chi connectivity index (χ3v) is 3.22. The molecule has 0 aliphatic carbocycles. The lowest BCUT2D eigenvalue weighted by molar-refractivity contribution is -0.125. The summed E-state index contributed by atoms with van der Waals surface area (Å²) in [6.45, 7) is 4.71. The maximum atomic E-state index is 11.7. The number of nitrogens with one attached hydrogen (secondary N) is 1. The van der Waals surface area contributed by atoms with Gasteiger partial charge in [0.1, 0.15) is 0 Å². The zero-order valence-electron chi connectivity index (χ0n) is 10.2.